The first-order valence-electron chi connectivity index (χ1n) is 9.44. The quantitative estimate of drug-likeness (QED) is 0.659. The van der Waals surface area contributed by atoms with Gasteiger partial charge in [-0.15, -0.1) is 0 Å². The lowest BCUT2D eigenvalue weighted by Gasteiger charge is -2.15. The summed E-state index contributed by atoms with van der Waals surface area (Å²) in [4.78, 5) is 28.8. The van der Waals surface area contributed by atoms with Crippen molar-refractivity contribution in [1.29, 1.82) is 0 Å². The van der Waals surface area contributed by atoms with Gasteiger partial charge in [-0.3, -0.25) is 9.36 Å². The lowest BCUT2D eigenvalue weighted by Crippen LogP contribution is -2.36. The molecule has 2 N–H and O–H groups in total. The van der Waals surface area contributed by atoms with Gasteiger partial charge in [0.2, 0.25) is 5.91 Å². The molecule has 3 heterocycles. The van der Waals surface area contributed by atoms with Gasteiger partial charge in [0, 0.05) is 24.4 Å². The zero-order valence-electron chi connectivity index (χ0n) is 16.0. The van der Waals surface area contributed by atoms with Crippen LogP contribution in [0.5, 0.6) is 0 Å². The van der Waals surface area contributed by atoms with Crippen molar-refractivity contribution in [3.8, 4) is 0 Å². The van der Waals surface area contributed by atoms with Crippen LogP contribution in [0.15, 0.2) is 34.1 Å². The predicted molar refractivity (Wildman–Crippen MR) is 110 cm³/mol. The summed E-state index contributed by atoms with van der Waals surface area (Å²) in [5.41, 5.74) is 3.16. The molecule has 0 fully saturated rings. The Morgan fingerprint density at radius 3 is 3.04 bits per heavy atom. The molecule has 3 aromatic rings. The van der Waals surface area contributed by atoms with E-state index in [1.165, 1.54) is 22.9 Å². The smallest absolute Gasteiger partial charge is 0.343 e. The van der Waals surface area contributed by atoms with E-state index < -0.39 is 0 Å². The molecular formula is C20H23N5O2S. The van der Waals surface area contributed by atoms with Crippen LogP contribution in [0.4, 0.5) is 0 Å². The normalized spacial score (nSPS) is 16.6. The highest BCUT2D eigenvalue weighted by Gasteiger charge is 2.20. The highest BCUT2D eigenvalue weighted by molar-refractivity contribution is 7.99. The topological polar surface area (TPSA) is 92.7 Å². The Morgan fingerprint density at radius 2 is 2.18 bits per heavy atom. The predicted octanol–water partition coefficient (Wildman–Crippen LogP) is 2.35. The Balaban J connectivity index is 1.35. The number of carbonyl (C=O) groups is 1. The summed E-state index contributed by atoms with van der Waals surface area (Å²) < 4.78 is 1.66. The third kappa shape index (κ3) is 3.96. The van der Waals surface area contributed by atoms with E-state index in [-0.39, 0.29) is 17.6 Å². The molecule has 0 saturated heterocycles. The minimum absolute atomic E-state index is 0.00749. The number of nitrogens with zero attached hydrogens (tertiary/aromatic N) is 3. The second-order valence-corrected chi connectivity index (χ2v) is 8.27. The van der Waals surface area contributed by atoms with Crippen LogP contribution in [-0.2, 0) is 17.8 Å². The SMILES string of the molecule is Cc1ccc2nc(SCC(=O)NC3CCc4n[nH]c(=O)n4CC3)cc(C)c2c1. The van der Waals surface area contributed by atoms with Crippen molar-refractivity contribution in [2.45, 2.75) is 50.7 Å². The Kier molecular flexibility index (Phi) is 5.21. The van der Waals surface area contributed by atoms with Crippen LogP contribution < -0.4 is 11.0 Å². The van der Waals surface area contributed by atoms with Gasteiger partial charge in [0.15, 0.2) is 0 Å². The van der Waals surface area contributed by atoms with Gasteiger partial charge in [-0.2, -0.15) is 5.10 Å². The summed E-state index contributed by atoms with van der Waals surface area (Å²) in [6, 6.07) is 8.32. The summed E-state index contributed by atoms with van der Waals surface area (Å²) in [5.74, 6) is 1.08. The molecule has 8 heteroatoms. The van der Waals surface area contributed by atoms with Crippen molar-refractivity contribution in [3.05, 3.63) is 51.7 Å². The van der Waals surface area contributed by atoms with E-state index in [0.29, 0.717) is 18.7 Å². The van der Waals surface area contributed by atoms with Gasteiger partial charge < -0.3 is 5.32 Å². The molecule has 1 aliphatic heterocycles. The van der Waals surface area contributed by atoms with Crippen molar-refractivity contribution in [2.75, 3.05) is 5.75 Å². The number of H-pyrrole nitrogens is 1. The van der Waals surface area contributed by atoms with E-state index in [4.69, 9.17) is 0 Å². The van der Waals surface area contributed by atoms with Gasteiger partial charge in [0.1, 0.15) is 5.82 Å². The number of aromatic nitrogens is 4. The Labute approximate surface area is 166 Å². The molecule has 0 radical (unpaired) electrons. The molecule has 146 valence electrons. The largest absolute Gasteiger partial charge is 0.353 e. The number of hydrogen-bond donors (Lipinski definition) is 2. The van der Waals surface area contributed by atoms with Crippen LogP contribution in [0.3, 0.4) is 0 Å². The summed E-state index contributed by atoms with van der Waals surface area (Å²) >= 11 is 1.45. The monoisotopic (exact) mass is 397 g/mol. The summed E-state index contributed by atoms with van der Waals surface area (Å²) in [6.45, 7) is 4.72. The van der Waals surface area contributed by atoms with Crippen molar-refractivity contribution >= 4 is 28.6 Å². The Morgan fingerprint density at radius 1 is 1.32 bits per heavy atom. The first-order chi connectivity index (χ1) is 13.5. The number of benzene rings is 1. The van der Waals surface area contributed by atoms with Gasteiger partial charge in [0.05, 0.1) is 16.3 Å². The van der Waals surface area contributed by atoms with Gasteiger partial charge in [0.25, 0.3) is 0 Å². The number of carbonyl (C=O) groups excluding carboxylic acids is 1. The fourth-order valence-electron chi connectivity index (χ4n) is 3.61. The van der Waals surface area contributed by atoms with Crippen LogP contribution in [0.25, 0.3) is 10.9 Å². The fourth-order valence-corrected chi connectivity index (χ4v) is 4.39. The van der Waals surface area contributed by atoms with Crippen LogP contribution >= 0.6 is 11.8 Å². The molecule has 1 aliphatic rings. The molecule has 2 aromatic heterocycles. The van der Waals surface area contributed by atoms with Crippen LogP contribution in [-0.4, -0.2) is 37.5 Å². The highest BCUT2D eigenvalue weighted by Crippen LogP contribution is 2.24. The third-order valence-electron chi connectivity index (χ3n) is 5.12. The molecule has 0 saturated carbocycles. The van der Waals surface area contributed by atoms with E-state index in [1.807, 2.05) is 12.1 Å². The van der Waals surface area contributed by atoms with Gasteiger partial charge in [-0.05, 0) is 50.5 Å². The zero-order valence-corrected chi connectivity index (χ0v) is 16.8. The van der Waals surface area contributed by atoms with E-state index >= 15 is 0 Å². The maximum atomic E-state index is 12.4. The van der Waals surface area contributed by atoms with E-state index in [2.05, 4.69) is 46.5 Å². The number of amides is 1. The maximum absolute atomic E-state index is 12.4. The molecule has 1 atom stereocenters. The Hall–Kier alpha value is -2.61. The third-order valence-corrected chi connectivity index (χ3v) is 6.03. The van der Waals surface area contributed by atoms with Crippen molar-refractivity contribution in [2.24, 2.45) is 0 Å². The summed E-state index contributed by atoms with van der Waals surface area (Å²) in [5, 5.41) is 11.6. The molecule has 1 unspecified atom stereocenters. The first kappa shape index (κ1) is 18.7. The van der Waals surface area contributed by atoms with Crippen LogP contribution in [0, 0.1) is 13.8 Å². The van der Waals surface area contributed by atoms with E-state index in [0.717, 1.165) is 34.6 Å². The first-order valence-corrected chi connectivity index (χ1v) is 10.4. The molecule has 0 aliphatic carbocycles. The van der Waals surface area contributed by atoms with Gasteiger partial charge in [-0.25, -0.2) is 14.9 Å². The second-order valence-electron chi connectivity index (χ2n) is 7.28. The second kappa shape index (κ2) is 7.79. The highest BCUT2D eigenvalue weighted by atomic mass is 32.2. The lowest BCUT2D eigenvalue weighted by molar-refractivity contribution is -0.119. The zero-order chi connectivity index (χ0) is 19.7. The molecular weight excluding hydrogens is 374 g/mol. The standard InChI is InChI=1S/C20H23N5O2S/c1-12-3-5-16-15(9-12)13(2)10-19(22-16)28-11-18(26)21-14-4-6-17-23-24-20(27)25(17)8-7-14/h3,5,9-10,14H,4,6-8,11H2,1-2H3,(H,21,26)(H,24,27). The number of nitrogens with one attached hydrogen (secondary N) is 2. The lowest BCUT2D eigenvalue weighted by atomic mass is 10.1. The molecule has 0 bridgehead atoms. The minimum atomic E-state index is -0.175. The number of pyridine rings is 1. The molecule has 1 amide bonds. The number of rotatable bonds is 4. The molecule has 7 nitrogen and oxygen atoms in total. The number of aryl methyl sites for hydroxylation is 3. The molecule has 4 rings (SSSR count). The van der Waals surface area contributed by atoms with Crippen molar-refractivity contribution < 1.29 is 4.79 Å². The number of fused-ring (bicyclic) bond motifs is 2. The van der Waals surface area contributed by atoms with E-state index in [9.17, 15) is 9.59 Å². The van der Waals surface area contributed by atoms with E-state index in [1.54, 1.807) is 4.57 Å². The Bertz CT molecular complexity index is 1090. The van der Waals surface area contributed by atoms with Crippen molar-refractivity contribution in [3.63, 3.8) is 0 Å². The van der Waals surface area contributed by atoms with Crippen molar-refractivity contribution in [1.82, 2.24) is 25.1 Å². The molecule has 28 heavy (non-hydrogen) atoms. The molecule has 0 spiro atoms. The molecule has 1 aromatic carbocycles. The fraction of sp³-hybridized carbons (Fsp3) is 0.400. The maximum Gasteiger partial charge on any atom is 0.343 e. The minimum Gasteiger partial charge on any atom is -0.353 e. The number of thioether (sulfide) groups is 1. The average molecular weight is 398 g/mol. The average Bonchev–Trinajstić information content (AvgIpc) is 2.89. The summed E-state index contributed by atoms with van der Waals surface area (Å²) in [6.07, 6.45) is 2.20. The number of aromatic amines is 1. The van der Waals surface area contributed by atoms with Crippen LogP contribution in [0.2, 0.25) is 0 Å². The van der Waals surface area contributed by atoms with Gasteiger partial charge in [-0.1, -0.05) is 23.4 Å². The van der Waals surface area contributed by atoms with Gasteiger partial charge >= 0.3 is 5.69 Å². The van der Waals surface area contributed by atoms with Crippen LogP contribution in [0.1, 0.15) is 29.8 Å². The number of hydrogen-bond acceptors (Lipinski definition) is 5. The summed E-state index contributed by atoms with van der Waals surface area (Å²) in [7, 11) is 0.